The molecule has 2 heterocycles. The standard InChI is InChI=1S/C24H25F2N3O4/c1-28(2)24(31)16-11-15(5-6-27-20-13-17(25)3-4-19(20)26)23-18(12-16)21(30)14-22(33-23)29-7-9-32-10-8-29/h3-4,11-14,27H,5-10H2,1-2H3. The number of rotatable bonds is 6. The van der Waals surface area contributed by atoms with Crippen molar-refractivity contribution in [1.82, 2.24) is 4.90 Å². The van der Waals surface area contributed by atoms with Gasteiger partial charge in [0.1, 0.15) is 17.2 Å². The Balaban J connectivity index is 1.71. The van der Waals surface area contributed by atoms with Crippen molar-refractivity contribution in [2.24, 2.45) is 0 Å². The Hall–Kier alpha value is -3.46. The van der Waals surface area contributed by atoms with Gasteiger partial charge < -0.3 is 24.3 Å². The number of halogens is 2. The summed E-state index contributed by atoms with van der Waals surface area (Å²) in [5.74, 6) is -0.935. The SMILES string of the molecule is CN(C)C(=O)c1cc(CCNc2cc(F)ccc2F)c2oc(N3CCOCC3)cc(=O)c2c1. The van der Waals surface area contributed by atoms with Crippen molar-refractivity contribution in [3.05, 3.63) is 69.4 Å². The van der Waals surface area contributed by atoms with Crippen molar-refractivity contribution >= 4 is 28.4 Å². The fourth-order valence-electron chi connectivity index (χ4n) is 3.79. The summed E-state index contributed by atoms with van der Waals surface area (Å²) in [5, 5.41) is 3.17. The molecule has 33 heavy (non-hydrogen) atoms. The molecule has 0 unspecified atom stereocenters. The third-order valence-electron chi connectivity index (χ3n) is 5.51. The Kier molecular flexibility index (Phi) is 6.60. The normalized spacial score (nSPS) is 13.9. The van der Waals surface area contributed by atoms with Crippen molar-refractivity contribution in [1.29, 1.82) is 0 Å². The first kappa shape index (κ1) is 22.7. The molecule has 0 aliphatic carbocycles. The molecule has 9 heteroatoms. The van der Waals surface area contributed by atoms with Gasteiger partial charge >= 0.3 is 0 Å². The molecule has 0 atom stereocenters. The minimum absolute atomic E-state index is 0.0373. The molecule has 0 saturated carbocycles. The number of anilines is 2. The summed E-state index contributed by atoms with van der Waals surface area (Å²) < 4.78 is 38.9. The molecule has 2 aromatic carbocycles. The van der Waals surface area contributed by atoms with Gasteiger partial charge in [-0.2, -0.15) is 0 Å². The van der Waals surface area contributed by atoms with Crippen molar-refractivity contribution in [2.75, 3.05) is 57.2 Å². The second kappa shape index (κ2) is 9.58. The van der Waals surface area contributed by atoms with Gasteiger partial charge in [-0.15, -0.1) is 0 Å². The molecule has 1 aliphatic rings. The number of hydrogen-bond donors (Lipinski definition) is 1. The first-order valence-corrected chi connectivity index (χ1v) is 10.7. The fraction of sp³-hybridized carbons (Fsp3) is 0.333. The lowest BCUT2D eigenvalue weighted by Gasteiger charge is -2.27. The highest BCUT2D eigenvalue weighted by molar-refractivity contribution is 5.98. The van der Waals surface area contributed by atoms with E-state index in [2.05, 4.69) is 5.32 Å². The van der Waals surface area contributed by atoms with Crippen LogP contribution in [0.1, 0.15) is 15.9 Å². The van der Waals surface area contributed by atoms with Gasteiger partial charge in [-0.3, -0.25) is 9.59 Å². The third-order valence-corrected chi connectivity index (χ3v) is 5.51. The van der Waals surface area contributed by atoms with Gasteiger partial charge in [0.05, 0.1) is 24.3 Å². The Morgan fingerprint density at radius 3 is 2.61 bits per heavy atom. The maximum Gasteiger partial charge on any atom is 0.253 e. The van der Waals surface area contributed by atoms with Crippen LogP contribution in [0.25, 0.3) is 11.0 Å². The quantitative estimate of drug-likeness (QED) is 0.613. The van der Waals surface area contributed by atoms with Crippen LogP contribution in [-0.2, 0) is 11.2 Å². The fourth-order valence-corrected chi connectivity index (χ4v) is 3.79. The van der Waals surface area contributed by atoms with Crippen LogP contribution >= 0.6 is 0 Å². The molecular formula is C24H25F2N3O4. The molecule has 1 aliphatic heterocycles. The number of carbonyl (C=O) groups excluding carboxylic acids is 1. The zero-order chi connectivity index (χ0) is 23.5. The summed E-state index contributed by atoms with van der Waals surface area (Å²) >= 11 is 0. The molecule has 1 saturated heterocycles. The van der Waals surface area contributed by atoms with Crippen LogP contribution in [0.3, 0.4) is 0 Å². The molecule has 0 radical (unpaired) electrons. The Morgan fingerprint density at radius 1 is 1.12 bits per heavy atom. The average molecular weight is 457 g/mol. The van der Waals surface area contributed by atoms with Crippen molar-refractivity contribution in [3.8, 4) is 0 Å². The lowest BCUT2D eigenvalue weighted by atomic mass is 10.0. The number of nitrogens with zero attached hydrogens (tertiary/aromatic N) is 2. The summed E-state index contributed by atoms with van der Waals surface area (Å²) in [6.45, 7) is 2.51. The number of benzene rings is 2. The van der Waals surface area contributed by atoms with E-state index in [1.54, 1.807) is 20.2 Å². The van der Waals surface area contributed by atoms with E-state index in [0.717, 1.165) is 18.2 Å². The Labute approximate surface area is 189 Å². The van der Waals surface area contributed by atoms with Gasteiger partial charge in [0, 0.05) is 45.4 Å². The zero-order valence-electron chi connectivity index (χ0n) is 18.5. The number of carbonyl (C=O) groups is 1. The van der Waals surface area contributed by atoms with Crippen LogP contribution in [0.4, 0.5) is 20.4 Å². The Morgan fingerprint density at radius 2 is 1.88 bits per heavy atom. The van der Waals surface area contributed by atoms with E-state index in [1.165, 1.54) is 17.0 Å². The van der Waals surface area contributed by atoms with Crippen LogP contribution in [0.15, 0.2) is 45.6 Å². The average Bonchev–Trinajstić information content (AvgIpc) is 2.81. The Bertz CT molecular complexity index is 1240. The molecule has 174 valence electrons. The van der Waals surface area contributed by atoms with E-state index >= 15 is 0 Å². The van der Waals surface area contributed by atoms with E-state index in [-0.39, 0.29) is 23.6 Å². The summed E-state index contributed by atoms with van der Waals surface area (Å²) in [6.07, 6.45) is 0.316. The second-order valence-electron chi connectivity index (χ2n) is 8.06. The largest absolute Gasteiger partial charge is 0.440 e. The van der Waals surface area contributed by atoms with E-state index < -0.39 is 11.6 Å². The van der Waals surface area contributed by atoms with Crippen molar-refractivity contribution in [2.45, 2.75) is 6.42 Å². The summed E-state index contributed by atoms with van der Waals surface area (Å²) in [6, 6.07) is 7.83. The first-order valence-electron chi connectivity index (χ1n) is 10.7. The van der Waals surface area contributed by atoms with Crippen molar-refractivity contribution in [3.63, 3.8) is 0 Å². The zero-order valence-corrected chi connectivity index (χ0v) is 18.5. The minimum atomic E-state index is -0.570. The molecule has 1 fully saturated rings. The van der Waals surface area contributed by atoms with E-state index in [9.17, 15) is 18.4 Å². The van der Waals surface area contributed by atoms with E-state index in [1.807, 2.05) is 4.90 Å². The van der Waals surface area contributed by atoms with Gasteiger partial charge in [-0.25, -0.2) is 8.78 Å². The molecule has 7 nitrogen and oxygen atoms in total. The predicted octanol–water partition coefficient (Wildman–Crippen LogP) is 3.26. The number of hydrogen-bond acceptors (Lipinski definition) is 6. The maximum atomic E-state index is 14.0. The van der Waals surface area contributed by atoms with Crippen LogP contribution < -0.4 is 15.6 Å². The highest BCUT2D eigenvalue weighted by Gasteiger charge is 2.19. The predicted molar refractivity (Wildman–Crippen MR) is 122 cm³/mol. The lowest BCUT2D eigenvalue weighted by Crippen LogP contribution is -2.36. The number of ether oxygens (including phenoxy) is 1. The maximum absolute atomic E-state index is 14.0. The molecule has 0 spiro atoms. The van der Waals surface area contributed by atoms with Gasteiger partial charge in [-0.1, -0.05) is 0 Å². The number of amides is 1. The highest BCUT2D eigenvalue weighted by atomic mass is 19.1. The van der Waals surface area contributed by atoms with Gasteiger partial charge in [0.25, 0.3) is 5.91 Å². The van der Waals surface area contributed by atoms with Crippen LogP contribution in [0.2, 0.25) is 0 Å². The summed E-state index contributed by atoms with van der Waals surface area (Å²) in [7, 11) is 3.26. The highest BCUT2D eigenvalue weighted by Crippen LogP contribution is 2.26. The smallest absolute Gasteiger partial charge is 0.253 e. The molecule has 0 bridgehead atoms. The molecular weight excluding hydrogens is 432 g/mol. The molecule has 3 aromatic rings. The first-order chi connectivity index (χ1) is 15.8. The number of morpholine rings is 1. The number of nitrogens with one attached hydrogen (secondary N) is 1. The van der Waals surface area contributed by atoms with Crippen LogP contribution in [0.5, 0.6) is 0 Å². The molecule has 1 aromatic heterocycles. The van der Waals surface area contributed by atoms with Crippen LogP contribution in [0, 0.1) is 11.6 Å². The van der Waals surface area contributed by atoms with Crippen LogP contribution in [-0.4, -0.2) is 57.8 Å². The lowest BCUT2D eigenvalue weighted by molar-refractivity contribution is 0.0827. The molecule has 4 rings (SSSR count). The topological polar surface area (TPSA) is 75.0 Å². The van der Waals surface area contributed by atoms with E-state index in [4.69, 9.17) is 9.15 Å². The van der Waals surface area contributed by atoms with Gasteiger partial charge in [0.15, 0.2) is 11.3 Å². The third kappa shape index (κ3) is 4.98. The minimum Gasteiger partial charge on any atom is -0.440 e. The summed E-state index contributed by atoms with van der Waals surface area (Å²) in [4.78, 5) is 28.9. The van der Waals surface area contributed by atoms with Crippen molar-refractivity contribution < 1.29 is 22.7 Å². The monoisotopic (exact) mass is 457 g/mol. The van der Waals surface area contributed by atoms with Gasteiger partial charge in [-0.05, 0) is 42.3 Å². The molecule has 1 N–H and O–H groups in total. The second-order valence-corrected chi connectivity index (χ2v) is 8.06. The molecule has 1 amide bonds. The van der Waals surface area contributed by atoms with Gasteiger partial charge in [0.2, 0.25) is 0 Å². The number of fused-ring (bicyclic) bond motifs is 1. The summed E-state index contributed by atoms with van der Waals surface area (Å²) in [5.41, 5.74) is 1.13. The van der Waals surface area contributed by atoms with E-state index in [0.29, 0.717) is 60.7 Å².